The maximum Gasteiger partial charge on any atom is 0.340 e. The molecule has 0 saturated carbocycles. The molecule has 0 amide bonds. The van der Waals surface area contributed by atoms with Crippen molar-refractivity contribution >= 4 is 38.5 Å². The van der Waals surface area contributed by atoms with Gasteiger partial charge in [-0.1, -0.05) is 30.3 Å². The molecule has 9 heteroatoms. The largest absolute Gasteiger partial charge is 0.476 e. The van der Waals surface area contributed by atoms with E-state index in [9.17, 15) is 18.0 Å². The third-order valence-corrected chi connectivity index (χ3v) is 6.81. The molecule has 0 radical (unpaired) electrons. The molecule has 2 heterocycles. The highest BCUT2D eigenvalue weighted by molar-refractivity contribution is 7.92. The van der Waals surface area contributed by atoms with Gasteiger partial charge in [0.25, 0.3) is 5.91 Å². The predicted octanol–water partition coefficient (Wildman–Crippen LogP) is 2.69. The van der Waals surface area contributed by atoms with Gasteiger partial charge in [-0.3, -0.25) is 13.7 Å². The number of nitrogens with zero attached hydrogens (tertiary/aromatic N) is 2. The van der Waals surface area contributed by atoms with Crippen molar-refractivity contribution in [3.63, 3.8) is 0 Å². The molecule has 1 atom stereocenters. The van der Waals surface area contributed by atoms with Crippen molar-refractivity contribution in [2.24, 2.45) is 0 Å². The van der Waals surface area contributed by atoms with Crippen molar-refractivity contribution in [1.82, 2.24) is 4.57 Å². The first kappa shape index (κ1) is 20.0. The van der Waals surface area contributed by atoms with Crippen molar-refractivity contribution in [1.29, 1.82) is 0 Å². The summed E-state index contributed by atoms with van der Waals surface area (Å²) in [5.41, 5.74) is 1.15. The number of sulfonamides is 1. The van der Waals surface area contributed by atoms with Crippen LogP contribution in [0.1, 0.15) is 22.1 Å². The van der Waals surface area contributed by atoms with Crippen molar-refractivity contribution in [2.45, 2.75) is 13.0 Å². The number of para-hydroxylation sites is 3. The maximum atomic E-state index is 13.4. The van der Waals surface area contributed by atoms with Crippen LogP contribution >= 0.6 is 0 Å². The Morgan fingerprint density at radius 3 is 2.57 bits per heavy atom. The molecular formula is C21H20N2O6S. The molecule has 1 aromatic heterocycles. The molecule has 3 aromatic rings. The van der Waals surface area contributed by atoms with E-state index in [2.05, 4.69) is 0 Å². The lowest BCUT2D eigenvalue weighted by atomic mass is 10.2. The summed E-state index contributed by atoms with van der Waals surface area (Å²) in [7, 11) is -2.35. The predicted molar refractivity (Wildman–Crippen MR) is 112 cm³/mol. The van der Waals surface area contributed by atoms with Crippen molar-refractivity contribution in [2.75, 3.05) is 23.7 Å². The summed E-state index contributed by atoms with van der Waals surface area (Å²) in [6.45, 7) is 1.39. The number of carbonyl (C=O) groups is 2. The second-order valence-electron chi connectivity index (χ2n) is 6.77. The van der Waals surface area contributed by atoms with Crippen LogP contribution in [0.5, 0.6) is 5.75 Å². The van der Waals surface area contributed by atoms with Crippen LogP contribution in [-0.2, 0) is 14.8 Å². The topological polar surface area (TPSA) is 94.9 Å². The van der Waals surface area contributed by atoms with E-state index >= 15 is 0 Å². The quantitative estimate of drug-likeness (QED) is 0.593. The number of hydrogen-bond donors (Lipinski definition) is 0. The van der Waals surface area contributed by atoms with Gasteiger partial charge in [0.1, 0.15) is 5.75 Å². The SMILES string of the molecule is CCS(=O)(=O)N1CC(C(=O)n2cc(C(=O)OC)c3ccccc32)Oc2ccccc21. The van der Waals surface area contributed by atoms with Crippen LogP contribution in [0.3, 0.4) is 0 Å². The summed E-state index contributed by atoms with van der Waals surface area (Å²) in [5.74, 6) is -0.847. The molecular weight excluding hydrogens is 408 g/mol. The highest BCUT2D eigenvalue weighted by Gasteiger charge is 2.37. The lowest BCUT2D eigenvalue weighted by molar-refractivity contribution is 0.0602. The fourth-order valence-corrected chi connectivity index (χ4v) is 4.66. The molecule has 2 aromatic carbocycles. The molecule has 1 unspecified atom stereocenters. The van der Waals surface area contributed by atoms with Gasteiger partial charge in [-0.2, -0.15) is 0 Å². The molecule has 0 N–H and O–H groups in total. The minimum absolute atomic E-state index is 0.110. The molecule has 8 nitrogen and oxygen atoms in total. The van der Waals surface area contributed by atoms with E-state index in [0.29, 0.717) is 22.3 Å². The minimum atomic E-state index is -3.62. The average molecular weight is 428 g/mol. The second-order valence-corrected chi connectivity index (χ2v) is 8.95. The van der Waals surface area contributed by atoms with Gasteiger partial charge in [-0.15, -0.1) is 0 Å². The molecule has 0 aliphatic carbocycles. The molecule has 0 bridgehead atoms. The summed E-state index contributed by atoms with van der Waals surface area (Å²) in [6, 6.07) is 13.6. The number of anilines is 1. The Hall–Kier alpha value is -3.33. The highest BCUT2D eigenvalue weighted by atomic mass is 32.2. The Labute approximate surface area is 173 Å². The van der Waals surface area contributed by atoms with Crippen LogP contribution in [0.25, 0.3) is 10.9 Å². The van der Waals surface area contributed by atoms with E-state index in [4.69, 9.17) is 9.47 Å². The smallest absolute Gasteiger partial charge is 0.340 e. The fraction of sp³-hybridized carbons (Fsp3) is 0.238. The average Bonchev–Trinajstić information content (AvgIpc) is 3.17. The van der Waals surface area contributed by atoms with Gasteiger partial charge in [0.05, 0.1) is 36.2 Å². The number of carbonyl (C=O) groups excluding carboxylic acids is 2. The van der Waals surface area contributed by atoms with Crippen molar-refractivity contribution in [3.8, 4) is 5.75 Å². The third kappa shape index (κ3) is 3.21. The van der Waals surface area contributed by atoms with Gasteiger partial charge in [-0.05, 0) is 25.1 Å². The van der Waals surface area contributed by atoms with Gasteiger partial charge >= 0.3 is 5.97 Å². The van der Waals surface area contributed by atoms with E-state index in [-0.39, 0.29) is 17.9 Å². The van der Waals surface area contributed by atoms with Crippen LogP contribution in [-0.4, -0.2) is 50.4 Å². The summed E-state index contributed by atoms with van der Waals surface area (Å²) < 4.78 is 38.5. The van der Waals surface area contributed by atoms with Gasteiger partial charge < -0.3 is 9.47 Å². The Morgan fingerprint density at radius 1 is 1.13 bits per heavy atom. The zero-order chi connectivity index (χ0) is 21.5. The van der Waals surface area contributed by atoms with Crippen molar-refractivity contribution in [3.05, 3.63) is 60.3 Å². The normalized spacial score (nSPS) is 16.1. The number of esters is 1. The molecule has 0 saturated heterocycles. The minimum Gasteiger partial charge on any atom is -0.476 e. The fourth-order valence-electron chi connectivity index (χ4n) is 3.54. The third-order valence-electron chi connectivity index (χ3n) is 5.07. The number of benzene rings is 2. The molecule has 30 heavy (non-hydrogen) atoms. The summed E-state index contributed by atoms with van der Waals surface area (Å²) in [6.07, 6.45) is 0.323. The van der Waals surface area contributed by atoms with Crippen LogP contribution in [0.15, 0.2) is 54.7 Å². The van der Waals surface area contributed by atoms with E-state index in [0.717, 1.165) is 0 Å². The van der Waals surface area contributed by atoms with E-state index < -0.39 is 28.0 Å². The number of methoxy groups -OCH3 is 1. The lowest BCUT2D eigenvalue weighted by Crippen LogP contribution is -2.48. The zero-order valence-electron chi connectivity index (χ0n) is 16.4. The van der Waals surface area contributed by atoms with Gasteiger partial charge in [0.2, 0.25) is 10.0 Å². The number of rotatable bonds is 4. The Kier molecular flexibility index (Phi) is 4.98. The Morgan fingerprint density at radius 2 is 1.83 bits per heavy atom. The van der Waals surface area contributed by atoms with Crippen LogP contribution in [0.4, 0.5) is 5.69 Å². The second kappa shape index (κ2) is 7.49. The zero-order valence-corrected chi connectivity index (χ0v) is 17.3. The molecule has 0 fully saturated rings. The Balaban J connectivity index is 1.79. The van der Waals surface area contributed by atoms with Gasteiger partial charge in [-0.25, -0.2) is 13.2 Å². The van der Waals surface area contributed by atoms with Gasteiger partial charge in [0, 0.05) is 11.6 Å². The maximum absolute atomic E-state index is 13.4. The van der Waals surface area contributed by atoms with Crippen LogP contribution in [0, 0.1) is 0 Å². The first-order valence-corrected chi connectivity index (χ1v) is 11.0. The first-order chi connectivity index (χ1) is 14.4. The monoisotopic (exact) mass is 428 g/mol. The van der Waals surface area contributed by atoms with Crippen molar-refractivity contribution < 1.29 is 27.5 Å². The molecule has 4 rings (SSSR count). The molecule has 1 aliphatic heterocycles. The lowest BCUT2D eigenvalue weighted by Gasteiger charge is -2.34. The number of aromatic nitrogens is 1. The van der Waals surface area contributed by atoms with Crippen LogP contribution in [0.2, 0.25) is 0 Å². The van der Waals surface area contributed by atoms with E-state index in [1.807, 2.05) is 0 Å². The molecule has 1 aliphatic rings. The number of ether oxygens (including phenoxy) is 2. The summed E-state index contributed by atoms with van der Waals surface area (Å²) >= 11 is 0. The molecule has 156 valence electrons. The number of fused-ring (bicyclic) bond motifs is 2. The van der Waals surface area contributed by atoms with E-state index in [1.165, 1.54) is 22.2 Å². The van der Waals surface area contributed by atoms with E-state index in [1.54, 1.807) is 55.5 Å². The summed E-state index contributed by atoms with van der Waals surface area (Å²) in [5, 5.41) is 0.562. The first-order valence-electron chi connectivity index (χ1n) is 9.36. The highest BCUT2D eigenvalue weighted by Crippen LogP contribution is 2.35. The molecule has 0 spiro atoms. The standard InChI is InChI=1S/C21H20N2O6S/c1-3-30(26,27)23-13-19(29-18-11-7-6-10-17(18)23)20(24)22-12-15(21(25)28-2)14-8-4-5-9-16(14)22/h4-12,19H,3,13H2,1-2H3. The van der Waals surface area contributed by atoms with Crippen LogP contribution < -0.4 is 9.04 Å². The number of hydrogen-bond acceptors (Lipinski definition) is 6. The summed E-state index contributed by atoms with van der Waals surface area (Å²) in [4.78, 5) is 25.5. The Bertz CT molecular complexity index is 1250. The van der Waals surface area contributed by atoms with Gasteiger partial charge in [0.15, 0.2) is 6.10 Å².